The van der Waals surface area contributed by atoms with Crippen molar-refractivity contribution in [2.45, 2.75) is 25.7 Å². The maximum Gasteiger partial charge on any atom is 0.221 e. The number of hydrogen-bond donors (Lipinski definition) is 1. The zero-order valence-electron chi connectivity index (χ0n) is 6.42. The first kappa shape index (κ1) is 8.06. The van der Waals surface area contributed by atoms with E-state index < -0.39 is 0 Å². The summed E-state index contributed by atoms with van der Waals surface area (Å²) < 4.78 is 0. The Hall–Kier alpha value is -1.04. The maximum absolute atomic E-state index is 10.8. The third-order valence-electron chi connectivity index (χ3n) is 2.30. The highest BCUT2D eigenvalue weighted by atomic mass is 16.1. The summed E-state index contributed by atoms with van der Waals surface area (Å²) in [5, 5.41) is 8.65. The minimum Gasteiger partial charge on any atom is -0.369 e. The van der Waals surface area contributed by atoms with Crippen LogP contribution in [0.3, 0.4) is 0 Å². The highest BCUT2D eigenvalue weighted by Gasteiger charge is 2.28. The third kappa shape index (κ3) is 1.70. The van der Waals surface area contributed by atoms with Gasteiger partial charge < -0.3 is 5.73 Å². The molecule has 2 atom stereocenters. The molecule has 3 nitrogen and oxygen atoms in total. The lowest BCUT2D eigenvalue weighted by atomic mass is 9.80. The van der Waals surface area contributed by atoms with Gasteiger partial charge in [-0.25, -0.2) is 0 Å². The van der Waals surface area contributed by atoms with Crippen molar-refractivity contribution >= 4 is 5.91 Å². The van der Waals surface area contributed by atoms with Crippen molar-refractivity contribution in [3.05, 3.63) is 0 Å². The number of carbonyl (C=O) groups excluding carboxylic acids is 1. The molecule has 1 rings (SSSR count). The normalized spacial score (nSPS) is 30.8. The summed E-state index contributed by atoms with van der Waals surface area (Å²) in [6, 6.07) is 2.13. The van der Waals surface area contributed by atoms with E-state index in [4.69, 9.17) is 11.0 Å². The van der Waals surface area contributed by atoms with Crippen molar-refractivity contribution in [2.24, 2.45) is 17.6 Å². The summed E-state index contributed by atoms with van der Waals surface area (Å²) in [7, 11) is 0. The number of amides is 1. The second-order valence-electron chi connectivity index (χ2n) is 3.03. The van der Waals surface area contributed by atoms with Gasteiger partial charge in [-0.05, 0) is 12.8 Å². The zero-order valence-corrected chi connectivity index (χ0v) is 6.42. The average molecular weight is 152 g/mol. The molecular formula is C8H12N2O. The van der Waals surface area contributed by atoms with Crippen LogP contribution in [0.5, 0.6) is 0 Å². The Kier molecular flexibility index (Phi) is 2.48. The highest BCUT2D eigenvalue weighted by Crippen LogP contribution is 2.28. The molecule has 0 aliphatic heterocycles. The van der Waals surface area contributed by atoms with Crippen LogP contribution >= 0.6 is 0 Å². The third-order valence-corrected chi connectivity index (χ3v) is 2.30. The molecule has 2 N–H and O–H groups in total. The van der Waals surface area contributed by atoms with Crippen LogP contribution in [-0.4, -0.2) is 5.91 Å². The van der Waals surface area contributed by atoms with Gasteiger partial charge in [-0.15, -0.1) is 0 Å². The van der Waals surface area contributed by atoms with Gasteiger partial charge >= 0.3 is 0 Å². The first-order valence-corrected chi connectivity index (χ1v) is 3.94. The lowest BCUT2D eigenvalue weighted by Crippen LogP contribution is -2.31. The molecule has 0 aromatic rings. The predicted octanol–water partition coefficient (Wildman–Crippen LogP) is 0.802. The Labute approximate surface area is 66.2 Å². The topological polar surface area (TPSA) is 66.9 Å². The molecule has 0 spiro atoms. The van der Waals surface area contributed by atoms with E-state index >= 15 is 0 Å². The number of primary amides is 1. The number of nitriles is 1. The summed E-state index contributed by atoms with van der Waals surface area (Å²) in [4.78, 5) is 10.8. The second kappa shape index (κ2) is 3.38. The van der Waals surface area contributed by atoms with Gasteiger partial charge in [0.15, 0.2) is 0 Å². The number of carbonyl (C=O) groups is 1. The Bertz CT molecular complexity index is 195. The van der Waals surface area contributed by atoms with E-state index in [1.165, 1.54) is 0 Å². The predicted molar refractivity (Wildman–Crippen MR) is 40.3 cm³/mol. The van der Waals surface area contributed by atoms with Gasteiger partial charge in [0.05, 0.1) is 17.9 Å². The van der Waals surface area contributed by atoms with Gasteiger partial charge in [0.1, 0.15) is 0 Å². The van der Waals surface area contributed by atoms with Gasteiger partial charge in [-0.1, -0.05) is 12.8 Å². The molecule has 1 saturated carbocycles. The molecule has 60 valence electrons. The quantitative estimate of drug-likeness (QED) is 0.604. The molecule has 1 aliphatic carbocycles. The van der Waals surface area contributed by atoms with Crippen molar-refractivity contribution in [1.29, 1.82) is 5.26 Å². The number of rotatable bonds is 1. The van der Waals surface area contributed by atoms with Gasteiger partial charge in [0, 0.05) is 0 Å². The molecule has 0 aromatic heterocycles. The smallest absolute Gasteiger partial charge is 0.221 e. The Balaban J connectivity index is 2.60. The van der Waals surface area contributed by atoms with Crippen LogP contribution in [0.1, 0.15) is 25.7 Å². The van der Waals surface area contributed by atoms with Crippen molar-refractivity contribution in [2.75, 3.05) is 0 Å². The lowest BCUT2D eigenvalue weighted by molar-refractivity contribution is -0.123. The molecule has 0 radical (unpaired) electrons. The molecule has 1 aliphatic rings. The minimum absolute atomic E-state index is 0.124. The number of nitrogens with zero attached hydrogens (tertiary/aromatic N) is 1. The number of hydrogen-bond acceptors (Lipinski definition) is 2. The molecule has 1 amide bonds. The molecule has 0 heterocycles. The van der Waals surface area contributed by atoms with E-state index in [0.717, 1.165) is 25.7 Å². The lowest BCUT2D eigenvalue weighted by Gasteiger charge is -2.23. The standard InChI is InChI=1S/C8H12N2O/c9-5-6-3-1-2-4-7(6)8(10)11/h6-7H,1-4H2,(H2,10,11)/t6-,7-/m0/s1. The van der Waals surface area contributed by atoms with Crippen LogP contribution < -0.4 is 5.73 Å². The van der Waals surface area contributed by atoms with Crippen LogP contribution in [0.25, 0.3) is 0 Å². The summed E-state index contributed by atoms with van der Waals surface area (Å²) in [6.07, 6.45) is 3.73. The van der Waals surface area contributed by atoms with E-state index in [0.29, 0.717) is 0 Å². The molecule has 11 heavy (non-hydrogen) atoms. The van der Waals surface area contributed by atoms with Gasteiger partial charge in [0.25, 0.3) is 0 Å². The van der Waals surface area contributed by atoms with Gasteiger partial charge in [-0.3, -0.25) is 4.79 Å². The van der Waals surface area contributed by atoms with E-state index in [1.807, 2.05) is 0 Å². The van der Waals surface area contributed by atoms with E-state index in [-0.39, 0.29) is 17.7 Å². The van der Waals surface area contributed by atoms with Crippen LogP contribution in [-0.2, 0) is 4.79 Å². The molecule has 0 aromatic carbocycles. The summed E-state index contributed by atoms with van der Waals surface area (Å²) in [6.45, 7) is 0. The number of nitrogens with two attached hydrogens (primary N) is 1. The van der Waals surface area contributed by atoms with Crippen molar-refractivity contribution in [3.8, 4) is 6.07 Å². The summed E-state index contributed by atoms with van der Waals surface area (Å²) >= 11 is 0. The SMILES string of the molecule is N#C[C@@H]1CCCC[C@@H]1C(N)=O. The molecule has 0 unspecified atom stereocenters. The fraction of sp³-hybridized carbons (Fsp3) is 0.750. The molecule has 0 bridgehead atoms. The minimum atomic E-state index is -0.309. The second-order valence-corrected chi connectivity index (χ2v) is 3.03. The first-order chi connectivity index (χ1) is 5.25. The zero-order chi connectivity index (χ0) is 8.27. The van der Waals surface area contributed by atoms with Crippen molar-refractivity contribution in [1.82, 2.24) is 0 Å². The Morgan fingerprint density at radius 1 is 1.45 bits per heavy atom. The Morgan fingerprint density at radius 3 is 2.55 bits per heavy atom. The van der Waals surface area contributed by atoms with Gasteiger partial charge in [-0.2, -0.15) is 5.26 Å². The van der Waals surface area contributed by atoms with Crippen LogP contribution in [0.15, 0.2) is 0 Å². The largest absolute Gasteiger partial charge is 0.369 e. The molecule has 3 heteroatoms. The maximum atomic E-state index is 10.8. The van der Waals surface area contributed by atoms with E-state index in [1.54, 1.807) is 0 Å². The van der Waals surface area contributed by atoms with Gasteiger partial charge in [0.2, 0.25) is 5.91 Å². The van der Waals surface area contributed by atoms with Crippen molar-refractivity contribution in [3.63, 3.8) is 0 Å². The summed E-state index contributed by atoms with van der Waals surface area (Å²) in [5.74, 6) is -0.619. The van der Waals surface area contributed by atoms with Crippen LogP contribution in [0, 0.1) is 23.2 Å². The monoisotopic (exact) mass is 152 g/mol. The first-order valence-electron chi connectivity index (χ1n) is 3.94. The fourth-order valence-electron chi connectivity index (χ4n) is 1.63. The van der Waals surface area contributed by atoms with Crippen LogP contribution in [0.4, 0.5) is 0 Å². The fourth-order valence-corrected chi connectivity index (χ4v) is 1.63. The van der Waals surface area contributed by atoms with E-state index in [9.17, 15) is 4.79 Å². The molecule has 0 saturated heterocycles. The average Bonchev–Trinajstić information content (AvgIpc) is 2.04. The van der Waals surface area contributed by atoms with E-state index in [2.05, 4.69) is 6.07 Å². The molecular weight excluding hydrogens is 140 g/mol. The molecule has 1 fully saturated rings. The van der Waals surface area contributed by atoms with Crippen molar-refractivity contribution < 1.29 is 4.79 Å². The Morgan fingerprint density at radius 2 is 2.09 bits per heavy atom. The van der Waals surface area contributed by atoms with Crippen LogP contribution in [0.2, 0.25) is 0 Å². The highest BCUT2D eigenvalue weighted by molar-refractivity contribution is 5.77. The summed E-state index contributed by atoms with van der Waals surface area (Å²) in [5.41, 5.74) is 5.14.